The molecule has 1 aliphatic heterocycles. The Bertz CT molecular complexity index is 987. The number of hydrogen-bond acceptors (Lipinski definition) is 4. The van der Waals surface area contributed by atoms with Crippen molar-refractivity contribution in [3.63, 3.8) is 0 Å². The first-order valence-corrected chi connectivity index (χ1v) is 8.23. The molecule has 0 saturated carbocycles. The van der Waals surface area contributed by atoms with Crippen molar-refractivity contribution in [3.05, 3.63) is 65.6 Å². The van der Waals surface area contributed by atoms with Crippen LogP contribution in [0.3, 0.4) is 0 Å². The number of rotatable bonds is 1. The summed E-state index contributed by atoms with van der Waals surface area (Å²) in [5.41, 5.74) is 4.94. The molecule has 5 heteroatoms. The summed E-state index contributed by atoms with van der Waals surface area (Å²) in [4.78, 5) is 21.6. The van der Waals surface area contributed by atoms with E-state index in [4.69, 9.17) is 4.98 Å². The molecule has 0 unspecified atom stereocenters. The Labute approximate surface area is 139 Å². The van der Waals surface area contributed by atoms with Gasteiger partial charge in [0.2, 0.25) is 5.95 Å². The van der Waals surface area contributed by atoms with Crippen LogP contribution in [0.4, 0.5) is 5.95 Å². The van der Waals surface area contributed by atoms with Crippen molar-refractivity contribution in [2.75, 3.05) is 5.32 Å². The fourth-order valence-corrected chi connectivity index (χ4v) is 3.83. The lowest BCUT2D eigenvalue weighted by atomic mass is 9.85. The number of nitrogens with one attached hydrogen (secondary N) is 1. The topological polar surface area (TPSA) is 59.8 Å². The second-order valence-electron chi connectivity index (χ2n) is 6.27. The Morgan fingerprint density at radius 1 is 1.08 bits per heavy atom. The third-order valence-corrected chi connectivity index (χ3v) is 4.87. The molecule has 1 aromatic carbocycles. The van der Waals surface area contributed by atoms with Crippen LogP contribution >= 0.6 is 0 Å². The monoisotopic (exact) mass is 316 g/mol. The number of para-hydroxylation sites is 2. The predicted octanol–water partition coefficient (Wildman–Crippen LogP) is 3.45. The zero-order valence-electron chi connectivity index (χ0n) is 13.1. The van der Waals surface area contributed by atoms with E-state index in [1.165, 1.54) is 0 Å². The molecule has 2 aromatic heterocycles. The molecule has 24 heavy (non-hydrogen) atoms. The zero-order valence-corrected chi connectivity index (χ0v) is 13.1. The first-order chi connectivity index (χ1) is 11.8. The molecule has 3 heterocycles. The van der Waals surface area contributed by atoms with Crippen LogP contribution in [0, 0.1) is 0 Å². The Kier molecular flexibility index (Phi) is 2.82. The highest BCUT2D eigenvalue weighted by Crippen LogP contribution is 2.42. The number of fused-ring (bicyclic) bond motifs is 3. The van der Waals surface area contributed by atoms with Crippen LogP contribution in [-0.2, 0) is 4.79 Å². The molecule has 5 nitrogen and oxygen atoms in total. The Morgan fingerprint density at radius 2 is 1.92 bits per heavy atom. The van der Waals surface area contributed by atoms with Gasteiger partial charge in [0.1, 0.15) is 0 Å². The number of nitrogens with zero attached hydrogens (tertiary/aromatic N) is 3. The largest absolute Gasteiger partial charge is 0.329 e. The molecule has 118 valence electrons. The number of ketones is 1. The summed E-state index contributed by atoms with van der Waals surface area (Å²) in [6.45, 7) is 0. The minimum atomic E-state index is -0.139. The standard InChI is InChI=1S/C19H16N4O/c24-16-7-3-5-14-17(16)18(12-8-10-20-11-9-12)23-15-6-2-1-4-13(15)21-19(23)22-14/h1-2,4,6,8-11,18H,3,5,7H2,(H,21,22)/t18-/m1/s1. The van der Waals surface area contributed by atoms with E-state index in [0.29, 0.717) is 6.42 Å². The van der Waals surface area contributed by atoms with Crippen LogP contribution < -0.4 is 5.32 Å². The second-order valence-corrected chi connectivity index (χ2v) is 6.27. The summed E-state index contributed by atoms with van der Waals surface area (Å²) in [7, 11) is 0. The fourth-order valence-electron chi connectivity index (χ4n) is 3.83. The predicted molar refractivity (Wildman–Crippen MR) is 91.6 cm³/mol. The number of allylic oxidation sites excluding steroid dienone is 2. The van der Waals surface area contributed by atoms with Gasteiger partial charge in [-0.05, 0) is 42.7 Å². The summed E-state index contributed by atoms with van der Waals surface area (Å²) in [5.74, 6) is 1.04. The van der Waals surface area contributed by atoms with Gasteiger partial charge in [-0.25, -0.2) is 4.98 Å². The number of carbonyl (C=O) groups is 1. The van der Waals surface area contributed by atoms with Gasteiger partial charge in [0.15, 0.2) is 5.78 Å². The van der Waals surface area contributed by atoms with E-state index in [1.54, 1.807) is 12.4 Å². The number of benzene rings is 1. The highest BCUT2D eigenvalue weighted by molar-refractivity contribution is 6.00. The Morgan fingerprint density at radius 3 is 2.79 bits per heavy atom. The normalized spacial score (nSPS) is 19.8. The quantitative estimate of drug-likeness (QED) is 0.747. The lowest BCUT2D eigenvalue weighted by molar-refractivity contribution is -0.116. The van der Waals surface area contributed by atoms with Crippen LogP contribution in [0.5, 0.6) is 0 Å². The highest BCUT2D eigenvalue weighted by atomic mass is 16.1. The lowest BCUT2D eigenvalue weighted by Gasteiger charge is -2.33. The minimum Gasteiger partial charge on any atom is -0.329 e. The van der Waals surface area contributed by atoms with Gasteiger partial charge >= 0.3 is 0 Å². The number of Topliss-reactive ketones (excluding diaryl/α,β-unsaturated/α-hetero) is 1. The van der Waals surface area contributed by atoms with Gasteiger partial charge in [0.05, 0.1) is 17.1 Å². The maximum absolute atomic E-state index is 12.7. The van der Waals surface area contributed by atoms with Gasteiger partial charge in [-0.15, -0.1) is 0 Å². The van der Waals surface area contributed by atoms with Crippen molar-refractivity contribution in [2.45, 2.75) is 25.3 Å². The van der Waals surface area contributed by atoms with Crippen molar-refractivity contribution in [1.29, 1.82) is 0 Å². The molecule has 0 radical (unpaired) electrons. The van der Waals surface area contributed by atoms with Gasteiger partial charge in [-0.1, -0.05) is 12.1 Å². The number of hydrogen-bond donors (Lipinski definition) is 1. The lowest BCUT2D eigenvalue weighted by Crippen LogP contribution is -2.30. The first-order valence-electron chi connectivity index (χ1n) is 8.23. The summed E-state index contributed by atoms with van der Waals surface area (Å²) in [5, 5.41) is 3.41. The van der Waals surface area contributed by atoms with Gasteiger partial charge in [-0.2, -0.15) is 0 Å². The maximum Gasteiger partial charge on any atom is 0.209 e. The Balaban J connectivity index is 1.83. The number of pyridine rings is 1. The first kappa shape index (κ1) is 13.5. The van der Waals surface area contributed by atoms with E-state index in [2.05, 4.69) is 20.9 Å². The van der Waals surface area contributed by atoms with E-state index >= 15 is 0 Å². The van der Waals surface area contributed by atoms with Crippen LogP contribution in [0.15, 0.2) is 60.1 Å². The number of anilines is 1. The zero-order chi connectivity index (χ0) is 16.1. The molecule has 0 amide bonds. The molecule has 0 saturated heterocycles. The van der Waals surface area contributed by atoms with E-state index in [1.807, 2.05) is 30.3 Å². The maximum atomic E-state index is 12.7. The van der Waals surface area contributed by atoms with Gasteiger partial charge in [0.25, 0.3) is 0 Å². The summed E-state index contributed by atoms with van der Waals surface area (Å²) in [6, 6.07) is 11.9. The van der Waals surface area contributed by atoms with Crippen LogP contribution in [0.2, 0.25) is 0 Å². The summed E-state index contributed by atoms with van der Waals surface area (Å²) < 4.78 is 2.15. The molecule has 1 N–H and O–H groups in total. The van der Waals surface area contributed by atoms with Crippen molar-refractivity contribution in [1.82, 2.24) is 14.5 Å². The van der Waals surface area contributed by atoms with Gasteiger partial charge in [0, 0.05) is 30.1 Å². The van der Waals surface area contributed by atoms with Crippen LogP contribution in [-0.4, -0.2) is 20.3 Å². The van der Waals surface area contributed by atoms with E-state index in [0.717, 1.165) is 46.7 Å². The fraction of sp³-hybridized carbons (Fsp3) is 0.211. The average molecular weight is 316 g/mol. The molecule has 1 atom stereocenters. The second kappa shape index (κ2) is 5.03. The molecule has 0 fully saturated rings. The molecule has 2 aliphatic rings. The number of aromatic nitrogens is 3. The summed E-state index contributed by atoms with van der Waals surface area (Å²) >= 11 is 0. The molecule has 5 rings (SSSR count). The van der Waals surface area contributed by atoms with Crippen molar-refractivity contribution >= 4 is 22.8 Å². The molecule has 0 spiro atoms. The van der Waals surface area contributed by atoms with E-state index in [-0.39, 0.29) is 11.8 Å². The smallest absolute Gasteiger partial charge is 0.209 e. The molecule has 3 aromatic rings. The van der Waals surface area contributed by atoms with Crippen molar-refractivity contribution < 1.29 is 4.79 Å². The van der Waals surface area contributed by atoms with E-state index in [9.17, 15) is 4.79 Å². The van der Waals surface area contributed by atoms with Crippen LogP contribution in [0.1, 0.15) is 30.9 Å². The third-order valence-electron chi connectivity index (χ3n) is 4.87. The van der Waals surface area contributed by atoms with Crippen molar-refractivity contribution in [3.8, 4) is 0 Å². The minimum absolute atomic E-state index is 0.139. The van der Waals surface area contributed by atoms with Gasteiger partial charge in [-0.3, -0.25) is 14.3 Å². The average Bonchev–Trinajstić information content (AvgIpc) is 2.99. The third kappa shape index (κ3) is 1.84. The van der Waals surface area contributed by atoms with Crippen LogP contribution in [0.25, 0.3) is 11.0 Å². The highest BCUT2D eigenvalue weighted by Gasteiger charge is 2.36. The Hall–Kier alpha value is -2.95. The SMILES string of the molecule is O=C1CCCC2=C1[C@@H](c1ccncc1)n1c(nc3ccccc31)N2. The van der Waals surface area contributed by atoms with Crippen molar-refractivity contribution in [2.24, 2.45) is 0 Å². The number of carbonyl (C=O) groups excluding carboxylic acids is 1. The molecule has 0 bridgehead atoms. The van der Waals surface area contributed by atoms with E-state index < -0.39 is 0 Å². The number of imidazole rings is 1. The van der Waals surface area contributed by atoms with Gasteiger partial charge < -0.3 is 5.32 Å². The summed E-state index contributed by atoms with van der Waals surface area (Å²) in [6.07, 6.45) is 5.97. The molecular weight excluding hydrogens is 300 g/mol. The molecule has 1 aliphatic carbocycles. The molecular formula is C19H16N4O.